The van der Waals surface area contributed by atoms with Crippen molar-refractivity contribution in [3.05, 3.63) is 16.1 Å². The molecule has 10 heteroatoms. The van der Waals surface area contributed by atoms with Gasteiger partial charge in [-0.3, -0.25) is 9.89 Å². The molecule has 1 saturated heterocycles. The van der Waals surface area contributed by atoms with E-state index in [9.17, 15) is 8.42 Å². The highest BCUT2D eigenvalue weighted by Gasteiger charge is 2.20. The molecule has 0 atom stereocenters. The average Bonchev–Trinajstić information content (AvgIpc) is 3.00. The molecular weight excluding hydrogens is 461 g/mol. The number of guanidine groups is 1. The molecule has 2 rings (SSSR count). The van der Waals surface area contributed by atoms with E-state index in [0.717, 1.165) is 30.5 Å². The van der Waals surface area contributed by atoms with E-state index in [4.69, 9.17) is 0 Å². The van der Waals surface area contributed by atoms with Gasteiger partial charge in [-0.25, -0.2) is 13.4 Å². The summed E-state index contributed by atoms with van der Waals surface area (Å²) in [5.41, 5.74) is 0. The van der Waals surface area contributed by atoms with Crippen LogP contribution in [0.1, 0.15) is 16.8 Å². The summed E-state index contributed by atoms with van der Waals surface area (Å²) in [6, 6.07) is 0. The van der Waals surface area contributed by atoms with Crippen molar-refractivity contribution in [1.82, 2.24) is 20.5 Å². The molecule has 0 aromatic carbocycles. The van der Waals surface area contributed by atoms with Crippen LogP contribution in [0.2, 0.25) is 0 Å². The molecule has 0 radical (unpaired) electrons. The van der Waals surface area contributed by atoms with E-state index in [-0.39, 0.29) is 35.5 Å². The van der Waals surface area contributed by atoms with Crippen LogP contribution >= 0.6 is 35.3 Å². The van der Waals surface area contributed by atoms with Crippen molar-refractivity contribution >= 4 is 51.1 Å². The van der Waals surface area contributed by atoms with Gasteiger partial charge in [0, 0.05) is 44.3 Å². The summed E-state index contributed by atoms with van der Waals surface area (Å²) in [4.78, 5) is 12.0. The maximum absolute atomic E-state index is 11.4. The van der Waals surface area contributed by atoms with Crippen molar-refractivity contribution in [3.63, 3.8) is 0 Å². The number of nitrogens with one attached hydrogen (secondary N) is 2. The molecule has 0 amide bonds. The lowest BCUT2D eigenvalue weighted by atomic mass is 10.4. The number of rotatable bonds is 6. The molecule has 0 saturated carbocycles. The predicted molar refractivity (Wildman–Crippen MR) is 110 cm³/mol. The van der Waals surface area contributed by atoms with Crippen molar-refractivity contribution in [2.24, 2.45) is 4.99 Å². The Bertz CT molecular complexity index is 619. The molecule has 0 spiro atoms. The Morgan fingerprint density at radius 3 is 2.67 bits per heavy atom. The topological polar surface area (TPSA) is 86.7 Å². The van der Waals surface area contributed by atoms with Crippen LogP contribution in [0.5, 0.6) is 0 Å². The highest BCUT2D eigenvalue weighted by molar-refractivity contribution is 14.0. The van der Waals surface area contributed by atoms with Gasteiger partial charge in [0.05, 0.1) is 18.1 Å². The Balaban J connectivity index is 0.00000288. The first kappa shape index (κ1) is 21.6. The molecule has 7 nitrogen and oxygen atoms in total. The Kier molecular flexibility index (Phi) is 9.45. The Labute approximate surface area is 165 Å². The molecule has 2 heterocycles. The molecule has 1 aromatic heterocycles. The minimum atomic E-state index is -2.81. The molecular formula is C14H26IN5O2S2. The summed E-state index contributed by atoms with van der Waals surface area (Å²) in [5.74, 6) is 1.27. The fourth-order valence-corrected chi connectivity index (χ4v) is 4.36. The zero-order chi connectivity index (χ0) is 16.7. The van der Waals surface area contributed by atoms with Crippen LogP contribution in [0.25, 0.3) is 0 Å². The Hall–Kier alpha value is -0.460. The number of sulfone groups is 1. The van der Waals surface area contributed by atoms with Crippen LogP contribution in [0, 0.1) is 0 Å². The smallest absolute Gasteiger partial charge is 0.191 e. The lowest BCUT2D eigenvalue weighted by Gasteiger charge is -2.26. The molecule has 24 heavy (non-hydrogen) atoms. The van der Waals surface area contributed by atoms with Gasteiger partial charge in [-0.2, -0.15) is 0 Å². The van der Waals surface area contributed by atoms with Crippen LogP contribution in [0.15, 0.2) is 11.2 Å². The third kappa shape index (κ3) is 7.19. The van der Waals surface area contributed by atoms with Crippen LogP contribution in [0.3, 0.4) is 0 Å². The predicted octanol–water partition coefficient (Wildman–Crippen LogP) is 0.719. The number of hydrogen-bond acceptors (Lipinski definition) is 6. The maximum atomic E-state index is 11.4. The van der Waals surface area contributed by atoms with Gasteiger partial charge < -0.3 is 10.6 Å². The Morgan fingerprint density at radius 1 is 1.38 bits per heavy atom. The van der Waals surface area contributed by atoms with E-state index < -0.39 is 9.84 Å². The third-order valence-electron chi connectivity index (χ3n) is 3.74. The minimum absolute atomic E-state index is 0. The van der Waals surface area contributed by atoms with Gasteiger partial charge in [-0.05, 0) is 6.42 Å². The number of thiazole rings is 1. The molecule has 138 valence electrons. The van der Waals surface area contributed by atoms with E-state index in [1.165, 1.54) is 4.88 Å². The fraction of sp³-hybridized carbons (Fsp3) is 0.714. The number of halogens is 1. The zero-order valence-electron chi connectivity index (χ0n) is 14.1. The lowest BCUT2D eigenvalue weighted by Crippen LogP contribution is -2.45. The summed E-state index contributed by atoms with van der Waals surface area (Å²) in [6.07, 6.45) is 2.93. The first-order chi connectivity index (χ1) is 11.0. The monoisotopic (exact) mass is 487 g/mol. The second-order valence-corrected chi connectivity index (χ2v) is 8.92. The van der Waals surface area contributed by atoms with Crippen molar-refractivity contribution in [2.45, 2.75) is 19.9 Å². The van der Waals surface area contributed by atoms with E-state index in [1.807, 2.05) is 6.20 Å². The number of aliphatic imine (C=N–C) groups is 1. The highest BCUT2D eigenvalue weighted by atomic mass is 127. The minimum Gasteiger partial charge on any atom is -0.355 e. The third-order valence-corrected chi connectivity index (χ3v) is 6.49. The van der Waals surface area contributed by atoms with E-state index >= 15 is 0 Å². The van der Waals surface area contributed by atoms with Crippen molar-refractivity contribution in [3.8, 4) is 0 Å². The first-order valence-electron chi connectivity index (χ1n) is 7.83. The van der Waals surface area contributed by atoms with Crippen molar-refractivity contribution in [2.75, 3.05) is 44.7 Å². The van der Waals surface area contributed by atoms with E-state index in [0.29, 0.717) is 19.6 Å². The first-order valence-corrected chi connectivity index (χ1v) is 10.5. The average molecular weight is 487 g/mol. The van der Waals surface area contributed by atoms with Gasteiger partial charge in [0.1, 0.15) is 5.01 Å². The van der Waals surface area contributed by atoms with Gasteiger partial charge in [-0.15, -0.1) is 35.3 Å². The van der Waals surface area contributed by atoms with Gasteiger partial charge in [-0.1, -0.05) is 6.92 Å². The Morgan fingerprint density at radius 2 is 2.08 bits per heavy atom. The van der Waals surface area contributed by atoms with Crippen molar-refractivity contribution in [1.29, 1.82) is 0 Å². The second-order valence-electron chi connectivity index (χ2n) is 5.42. The number of hydrogen-bond donors (Lipinski definition) is 2. The van der Waals surface area contributed by atoms with Crippen LogP contribution in [0.4, 0.5) is 0 Å². The molecule has 1 aliphatic heterocycles. The van der Waals surface area contributed by atoms with E-state index in [1.54, 1.807) is 18.4 Å². The van der Waals surface area contributed by atoms with Crippen LogP contribution in [-0.4, -0.2) is 69.0 Å². The molecule has 1 fully saturated rings. The summed E-state index contributed by atoms with van der Waals surface area (Å²) in [5, 5.41) is 7.55. The lowest BCUT2D eigenvalue weighted by molar-refractivity contribution is 0.299. The normalized spacial score (nSPS) is 18.0. The largest absolute Gasteiger partial charge is 0.355 e. The summed E-state index contributed by atoms with van der Waals surface area (Å²) >= 11 is 1.71. The summed E-state index contributed by atoms with van der Waals surface area (Å²) < 4.78 is 22.8. The quantitative estimate of drug-likeness (QED) is 0.350. The van der Waals surface area contributed by atoms with E-state index in [2.05, 4.69) is 32.4 Å². The highest BCUT2D eigenvalue weighted by Crippen LogP contribution is 2.12. The molecule has 1 aliphatic rings. The molecule has 2 N–H and O–H groups in total. The second kappa shape index (κ2) is 10.5. The SMILES string of the molecule is CCc1cnc(CNC(=NC)NCCN2CCS(=O)(=O)CC2)s1.I. The van der Waals surface area contributed by atoms with Crippen molar-refractivity contribution < 1.29 is 8.42 Å². The number of aromatic nitrogens is 1. The number of nitrogens with zero attached hydrogens (tertiary/aromatic N) is 3. The maximum Gasteiger partial charge on any atom is 0.191 e. The molecule has 0 aliphatic carbocycles. The number of aryl methyl sites for hydroxylation is 1. The summed E-state index contributed by atoms with van der Waals surface area (Å²) in [7, 11) is -1.07. The van der Waals surface area contributed by atoms with Crippen LogP contribution < -0.4 is 10.6 Å². The van der Waals surface area contributed by atoms with Crippen LogP contribution in [-0.2, 0) is 22.8 Å². The van der Waals surface area contributed by atoms with Gasteiger partial charge >= 0.3 is 0 Å². The summed E-state index contributed by atoms with van der Waals surface area (Å²) in [6.45, 7) is 5.57. The van der Waals surface area contributed by atoms with Gasteiger partial charge in [0.15, 0.2) is 15.8 Å². The standard InChI is InChI=1S/C14H25N5O2S2.HI/c1-3-12-10-17-13(22-12)11-18-14(15-2)16-4-5-19-6-8-23(20,21)9-7-19;/h10H,3-9,11H2,1-2H3,(H2,15,16,18);1H. The zero-order valence-corrected chi connectivity index (χ0v) is 18.1. The fourth-order valence-electron chi connectivity index (χ4n) is 2.28. The van der Waals surface area contributed by atoms with Gasteiger partial charge in [0.2, 0.25) is 0 Å². The molecule has 0 bridgehead atoms. The van der Waals surface area contributed by atoms with Gasteiger partial charge in [0.25, 0.3) is 0 Å². The molecule has 0 unspecified atom stereocenters. The molecule has 1 aromatic rings.